The lowest BCUT2D eigenvalue weighted by Gasteiger charge is -2.10. The number of benzene rings is 2. The predicted octanol–water partition coefficient (Wildman–Crippen LogP) is 4.94. The molecule has 0 radical (unpaired) electrons. The highest BCUT2D eigenvalue weighted by Crippen LogP contribution is 2.28. The molecule has 3 heteroatoms. The monoisotopic (exact) mass is 289 g/mol. The van der Waals surface area contributed by atoms with E-state index < -0.39 is 0 Å². The Morgan fingerprint density at radius 2 is 2.00 bits per heavy atom. The molecule has 1 N–H and O–H groups in total. The van der Waals surface area contributed by atoms with Crippen molar-refractivity contribution in [1.29, 1.82) is 0 Å². The average Bonchev–Trinajstić information content (AvgIpc) is 2.44. The van der Waals surface area contributed by atoms with Crippen LogP contribution < -0.4 is 10.1 Å². The van der Waals surface area contributed by atoms with E-state index in [2.05, 4.69) is 24.4 Å². The zero-order valence-electron chi connectivity index (χ0n) is 11.9. The molecular weight excluding hydrogens is 270 g/mol. The number of rotatable bonds is 6. The van der Waals surface area contributed by atoms with Crippen molar-refractivity contribution in [2.45, 2.75) is 26.8 Å². The molecule has 0 atom stereocenters. The van der Waals surface area contributed by atoms with Gasteiger partial charge in [-0.1, -0.05) is 36.7 Å². The first-order chi connectivity index (χ1) is 9.69. The average molecular weight is 290 g/mol. The van der Waals surface area contributed by atoms with Gasteiger partial charge in [-0.2, -0.15) is 0 Å². The van der Waals surface area contributed by atoms with E-state index in [0.717, 1.165) is 36.6 Å². The Balaban J connectivity index is 2.09. The highest BCUT2D eigenvalue weighted by atomic mass is 35.5. The highest BCUT2D eigenvalue weighted by molar-refractivity contribution is 6.30. The largest absolute Gasteiger partial charge is 0.457 e. The summed E-state index contributed by atoms with van der Waals surface area (Å²) in [7, 11) is 0. The van der Waals surface area contributed by atoms with E-state index in [1.165, 1.54) is 5.56 Å². The van der Waals surface area contributed by atoms with Crippen LogP contribution >= 0.6 is 11.6 Å². The fourth-order valence-electron chi connectivity index (χ4n) is 1.94. The Morgan fingerprint density at radius 1 is 1.15 bits per heavy atom. The van der Waals surface area contributed by atoms with Crippen LogP contribution in [0, 0.1) is 6.92 Å². The number of halogens is 1. The van der Waals surface area contributed by atoms with Gasteiger partial charge >= 0.3 is 0 Å². The van der Waals surface area contributed by atoms with Crippen molar-refractivity contribution < 1.29 is 4.74 Å². The maximum Gasteiger partial charge on any atom is 0.131 e. The highest BCUT2D eigenvalue weighted by Gasteiger charge is 2.03. The van der Waals surface area contributed by atoms with Crippen molar-refractivity contribution >= 4 is 11.6 Å². The molecule has 0 bridgehead atoms. The maximum atomic E-state index is 6.01. The molecule has 2 aromatic carbocycles. The summed E-state index contributed by atoms with van der Waals surface area (Å²) in [4.78, 5) is 0. The summed E-state index contributed by atoms with van der Waals surface area (Å²) in [6.45, 7) is 6.06. The summed E-state index contributed by atoms with van der Waals surface area (Å²) >= 11 is 6.01. The van der Waals surface area contributed by atoms with Gasteiger partial charge in [0.1, 0.15) is 11.5 Å². The third kappa shape index (κ3) is 4.26. The lowest BCUT2D eigenvalue weighted by atomic mass is 10.2. The predicted molar refractivity (Wildman–Crippen MR) is 84.7 cm³/mol. The molecule has 0 aromatic heterocycles. The van der Waals surface area contributed by atoms with Crippen LogP contribution in [0.15, 0.2) is 42.5 Å². The van der Waals surface area contributed by atoms with Crippen LogP contribution in [0.1, 0.15) is 24.5 Å². The first kappa shape index (κ1) is 14.9. The van der Waals surface area contributed by atoms with Crippen molar-refractivity contribution in [2.75, 3.05) is 6.54 Å². The second-order valence-corrected chi connectivity index (χ2v) is 5.27. The molecule has 0 amide bonds. The molecule has 0 saturated heterocycles. The third-order valence-electron chi connectivity index (χ3n) is 3.03. The van der Waals surface area contributed by atoms with Gasteiger partial charge in [0.2, 0.25) is 0 Å². The molecule has 0 unspecified atom stereocenters. The van der Waals surface area contributed by atoms with Crippen LogP contribution in [0.25, 0.3) is 0 Å². The molecule has 2 rings (SSSR count). The first-order valence-electron chi connectivity index (χ1n) is 6.92. The van der Waals surface area contributed by atoms with Crippen molar-refractivity contribution in [2.24, 2.45) is 0 Å². The lowest BCUT2D eigenvalue weighted by Crippen LogP contribution is -2.13. The molecule has 0 aliphatic rings. The van der Waals surface area contributed by atoms with Crippen molar-refractivity contribution in [3.05, 3.63) is 58.6 Å². The molecule has 0 spiro atoms. The minimum absolute atomic E-state index is 0.686. The molecule has 2 aromatic rings. The van der Waals surface area contributed by atoms with E-state index >= 15 is 0 Å². The number of ether oxygens (including phenoxy) is 1. The Labute approximate surface area is 125 Å². The van der Waals surface area contributed by atoms with E-state index in [-0.39, 0.29) is 0 Å². The molecule has 2 nitrogen and oxygen atoms in total. The molecule has 0 saturated carbocycles. The molecule has 20 heavy (non-hydrogen) atoms. The van der Waals surface area contributed by atoms with E-state index in [1.807, 2.05) is 37.3 Å². The van der Waals surface area contributed by atoms with Crippen molar-refractivity contribution in [3.63, 3.8) is 0 Å². The van der Waals surface area contributed by atoms with Crippen LogP contribution in [0.5, 0.6) is 11.5 Å². The summed E-state index contributed by atoms with van der Waals surface area (Å²) < 4.78 is 5.92. The quantitative estimate of drug-likeness (QED) is 0.761. The van der Waals surface area contributed by atoms with E-state index in [9.17, 15) is 0 Å². The van der Waals surface area contributed by atoms with E-state index in [4.69, 9.17) is 16.3 Å². The number of hydrogen-bond donors (Lipinski definition) is 1. The normalized spacial score (nSPS) is 10.6. The topological polar surface area (TPSA) is 21.3 Å². The molecule has 0 aliphatic carbocycles. The summed E-state index contributed by atoms with van der Waals surface area (Å²) in [5, 5.41) is 4.07. The Bertz CT molecular complexity index is 569. The number of nitrogens with one attached hydrogen (secondary N) is 1. The third-order valence-corrected chi connectivity index (χ3v) is 3.27. The summed E-state index contributed by atoms with van der Waals surface area (Å²) in [5.74, 6) is 1.64. The van der Waals surface area contributed by atoms with Crippen LogP contribution in [0.3, 0.4) is 0 Å². The second-order valence-electron chi connectivity index (χ2n) is 4.84. The minimum Gasteiger partial charge on any atom is -0.457 e. The van der Waals surface area contributed by atoms with Gasteiger partial charge in [-0.25, -0.2) is 0 Å². The van der Waals surface area contributed by atoms with E-state index in [1.54, 1.807) is 0 Å². The Morgan fingerprint density at radius 3 is 2.80 bits per heavy atom. The van der Waals surface area contributed by atoms with Gasteiger partial charge in [0.15, 0.2) is 0 Å². The smallest absolute Gasteiger partial charge is 0.131 e. The fourth-order valence-corrected chi connectivity index (χ4v) is 2.10. The van der Waals surface area contributed by atoms with Crippen LogP contribution in [0.4, 0.5) is 0 Å². The molecule has 0 heterocycles. The van der Waals surface area contributed by atoms with Gasteiger partial charge in [-0.15, -0.1) is 0 Å². The van der Waals surface area contributed by atoms with Crippen molar-refractivity contribution in [1.82, 2.24) is 5.32 Å². The van der Waals surface area contributed by atoms with Gasteiger partial charge in [0.25, 0.3) is 0 Å². The number of hydrogen-bond acceptors (Lipinski definition) is 2. The van der Waals surface area contributed by atoms with Gasteiger partial charge in [-0.3, -0.25) is 0 Å². The fraction of sp³-hybridized carbons (Fsp3) is 0.294. The van der Waals surface area contributed by atoms with Gasteiger partial charge in [0.05, 0.1) is 0 Å². The van der Waals surface area contributed by atoms with E-state index in [0.29, 0.717) is 5.02 Å². The van der Waals surface area contributed by atoms with Crippen molar-refractivity contribution in [3.8, 4) is 11.5 Å². The SMILES string of the molecule is CCCNCc1cccc(Oc2cc(Cl)ccc2C)c1. The number of aryl methyl sites for hydroxylation is 1. The zero-order valence-corrected chi connectivity index (χ0v) is 12.7. The molecule has 0 aliphatic heterocycles. The second kappa shape index (κ2) is 7.32. The molecule has 106 valence electrons. The summed E-state index contributed by atoms with van der Waals surface area (Å²) in [6, 6.07) is 13.8. The van der Waals surface area contributed by atoms with Gasteiger partial charge < -0.3 is 10.1 Å². The zero-order chi connectivity index (χ0) is 14.4. The Hall–Kier alpha value is -1.51. The van der Waals surface area contributed by atoms with Gasteiger partial charge in [0, 0.05) is 11.6 Å². The lowest BCUT2D eigenvalue weighted by molar-refractivity contribution is 0.478. The summed E-state index contributed by atoms with van der Waals surface area (Å²) in [5.41, 5.74) is 2.29. The summed E-state index contributed by atoms with van der Waals surface area (Å²) in [6.07, 6.45) is 1.14. The first-order valence-corrected chi connectivity index (χ1v) is 7.30. The Kier molecular flexibility index (Phi) is 5.45. The minimum atomic E-state index is 0.686. The van der Waals surface area contributed by atoms with Crippen LogP contribution in [0.2, 0.25) is 5.02 Å². The standard InChI is InChI=1S/C17H20ClNO/c1-3-9-19-12-14-5-4-6-16(10-14)20-17-11-15(18)8-7-13(17)2/h4-8,10-11,19H,3,9,12H2,1-2H3. The van der Waals surface area contributed by atoms with Gasteiger partial charge in [-0.05, 0) is 55.3 Å². The molecular formula is C17H20ClNO. The maximum absolute atomic E-state index is 6.01. The van der Waals surface area contributed by atoms with Crippen LogP contribution in [-0.2, 0) is 6.54 Å². The van der Waals surface area contributed by atoms with Crippen LogP contribution in [-0.4, -0.2) is 6.54 Å². The molecule has 0 fully saturated rings.